The van der Waals surface area contributed by atoms with Crippen molar-refractivity contribution in [1.29, 1.82) is 0 Å². The summed E-state index contributed by atoms with van der Waals surface area (Å²) in [6, 6.07) is 11.7. The predicted octanol–water partition coefficient (Wildman–Crippen LogP) is 4.37. The minimum Gasteiger partial charge on any atom is -0.500 e. The molecule has 5 aromatic rings. The van der Waals surface area contributed by atoms with Crippen LogP contribution in [0, 0.1) is 6.92 Å². The minimum absolute atomic E-state index is 0.0536. The largest absolute Gasteiger partial charge is 0.500 e. The predicted molar refractivity (Wildman–Crippen MR) is 138 cm³/mol. The first kappa shape index (κ1) is 22.7. The zero-order chi connectivity index (χ0) is 25.6. The van der Waals surface area contributed by atoms with E-state index >= 15 is 0 Å². The highest BCUT2D eigenvalue weighted by Crippen LogP contribution is 2.34. The molecule has 11 heteroatoms. The van der Waals surface area contributed by atoms with Gasteiger partial charge in [-0.05, 0) is 62.2 Å². The Morgan fingerprint density at radius 1 is 1.11 bits per heavy atom. The maximum Gasteiger partial charge on any atom is 0.267 e. The molecular formula is C26H24N8O3. The molecule has 0 fully saturated rings. The summed E-state index contributed by atoms with van der Waals surface area (Å²) in [5.74, 6) is 1.85. The van der Waals surface area contributed by atoms with Crippen LogP contribution in [0.4, 0.5) is 11.5 Å². The van der Waals surface area contributed by atoms with Gasteiger partial charge in [-0.1, -0.05) is 6.07 Å². The molecule has 0 aliphatic carbocycles. The lowest BCUT2D eigenvalue weighted by atomic mass is 10.1. The Morgan fingerprint density at radius 3 is 2.81 bits per heavy atom. The third-order valence-corrected chi connectivity index (χ3v) is 6.01. The molecule has 0 amide bonds. The minimum atomic E-state index is -0.187. The van der Waals surface area contributed by atoms with Gasteiger partial charge in [-0.3, -0.25) is 4.40 Å². The van der Waals surface area contributed by atoms with Crippen LogP contribution in [-0.2, 0) is 11.2 Å². The van der Waals surface area contributed by atoms with Crippen molar-refractivity contribution in [3.8, 4) is 17.4 Å². The molecule has 0 bridgehead atoms. The normalized spacial score (nSPS) is 14.5. The van der Waals surface area contributed by atoms with E-state index in [0.717, 1.165) is 33.6 Å². The summed E-state index contributed by atoms with van der Waals surface area (Å²) in [7, 11) is 0. The second-order valence-electron chi connectivity index (χ2n) is 9.52. The summed E-state index contributed by atoms with van der Waals surface area (Å²) < 4.78 is 13.1. The summed E-state index contributed by atoms with van der Waals surface area (Å²) >= 11 is 0. The van der Waals surface area contributed by atoms with E-state index in [1.165, 1.54) is 23.4 Å². The fourth-order valence-corrected chi connectivity index (χ4v) is 4.17. The van der Waals surface area contributed by atoms with Gasteiger partial charge in [0.2, 0.25) is 11.4 Å². The summed E-state index contributed by atoms with van der Waals surface area (Å²) in [5, 5.41) is 22.4. The van der Waals surface area contributed by atoms with E-state index in [4.69, 9.17) is 9.47 Å². The van der Waals surface area contributed by atoms with Crippen molar-refractivity contribution >= 4 is 34.0 Å². The van der Waals surface area contributed by atoms with Gasteiger partial charge in [0.05, 0.1) is 11.1 Å². The van der Waals surface area contributed by atoms with Crippen LogP contribution in [-0.4, -0.2) is 52.7 Å². The molecule has 0 saturated carbocycles. The molecule has 0 radical (unpaired) electrons. The van der Waals surface area contributed by atoms with E-state index in [1.807, 2.05) is 31.2 Å². The van der Waals surface area contributed by atoms with Crippen molar-refractivity contribution in [2.24, 2.45) is 4.99 Å². The first-order chi connectivity index (χ1) is 17.8. The summed E-state index contributed by atoms with van der Waals surface area (Å²) in [4.78, 5) is 17.7. The van der Waals surface area contributed by atoms with E-state index in [9.17, 15) is 5.11 Å². The van der Waals surface area contributed by atoms with Crippen LogP contribution >= 0.6 is 0 Å². The van der Waals surface area contributed by atoms with Gasteiger partial charge in [0, 0.05) is 17.5 Å². The number of ether oxygens (including phenoxy) is 2. The maximum atomic E-state index is 10.4. The van der Waals surface area contributed by atoms with Crippen LogP contribution < -0.4 is 10.1 Å². The van der Waals surface area contributed by atoms with Gasteiger partial charge in [0.25, 0.3) is 5.88 Å². The smallest absolute Gasteiger partial charge is 0.267 e. The van der Waals surface area contributed by atoms with E-state index in [2.05, 4.69) is 55.4 Å². The highest BCUT2D eigenvalue weighted by atomic mass is 16.5. The molecule has 37 heavy (non-hydrogen) atoms. The molecule has 0 atom stereocenters. The number of aromatic nitrogens is 6. The summed E-state index contributed by atoms with van der Waals surface area (Å²) in [5.41, 5.74) is 3.65. The average molecular weight is 497 g/mol. The quantitative estimate of drug-likeness (QED) is 0.352. The zero-order valence-corrected chi connectivity index (χ0v) is 20.5. The lowest BCUT2D eigenvalue weighted by Gasteiger charge is -2.13. The average Bonchev–Trinajstić information content (AvgIpc) is 3.49. The van der Waals surface area contributed by atoms with E-state index in [-0.39, 0.29) is 22.8 Å². The van der Waals surface area contributed by atoms with Crippen molar-refractivity contribution in [2.75, 3.05) is 11.9 Å². The van der Waals surface area contributed by atoms with Crippen molar-refractivity contribution < 1.29 is 14.6 Å². The van der Waals surface area contributed by atoms with Crippen molar-refractivity contribution in [3.63, 3.8) is 0 Å². The SMILES string of the molecule is Cc1cc(Nc2ncnc3ccc(CC4=NC(C)(C)CO4)cc23)ccc1Oc1ncn2cnnc2c1O. The van der Waals surface area contributed by atoms with E-state index in [0.29, 0.717) is 24.6 Å². The van der Waals surface area contributed by atoms with Crippen LogP contribution in [0.3, 0.4) is 0 Å². The van der Waals surface area contributed by atoms with Crippen LogP contribution in [0.15, 0.2) is 60.4 Å². The number of hydrogen-bond donors (Lipinski definition) is 2. The molecule has 11 nitrogen and oxygen atoms in total. The van der Waals surface area contributed by atoms with Gasteiger partial charge in [-0.2, -0.15) is 4.98 Å². The van der Waals surface area contributed by atoms with Gasteiger partial charge < -0.3 is 19.9 Å². The number of nitrogens with zero attached hydrogens (tertiary/aromatic N) is 7. The number of anilines is 2. The molecule has 0 spiro atoms. The first-order valence-corrected chi connectivity index (χ1v) is 11.7. The molecule has 6 rings (SSSR count). The molecule has 1 aliphatic heterocycles. The summed E-state index contributed by atoms with van der Waals surface area (Å²) in [6.07, 6.45) is 5.09. The number of fused-ring (bicyclic) bond motifs is 2. The molecule has 2 N–H and O–H groups in total. The number of rotatable bonds is 6. The Hall–Kier alpha value is -4.80. The fourth-order valence-electron chi connectivity index (χ4n) is 4.17. The molecule has 2 aromatic carbocycles. The standard InChI is InChI=1S/C26H24N8O3/c1-15-8-17(5-7-20(15)37-25-22(35)24-33-30-14-34(24)13-29-25)31-23-18-9-16(4-6-19(18)27-12-28-23)10-21-32-26(2,3)11-36-21/h4-9,12-14,35H,10-11H2,1-3H3,(H,27,28,31). The molecule has 1 aliphatic rings. The number of nitrogens with one attached hydrogen (secondary N) is 1. The van der Waals surface area contributed by atoms with Crippen molar-refractivity contribution in [2.45, 2.75) is 32.7 Å². The summed E-state index contributed by atoms with van der Waals surface area (Å²) in [6.45, 7) is 6.62. The first-order valence-electron chi connectivity index (χ1n) is 11.7. The van der Waals surface area contributed by atoms with Crippen molar-refractivity contribution in [1.82, 2.24) is 29.5 Å². The monoisotopic (exact) mass is 496 g/mol. The lowest BCUT2D eigenvalue weighted by molar-refractivity contribution is 0.275. The van der Waals surface area contributed by atoms with Gasteiger partial charge in [0.15, 0.2) is 5.90 Å². The lowest BCUT2D eigenvalue weighted by Crippen LogP contribution is -2.17. The van der Waals surface area contributed by atoms with Crippen molar-refractivity contribution in [3.05, 3.63) is 66.5 Å². The van der Waals surface area contributed by atoms with Crippen LogP contribution in [0.5, 0.6) is 17.4 Å². The second kappa shape index (κ2) is 8.70. The fraction of sp³-hybridized carbons (Fsp3) is 0.231. The second-order valence-corrected chi connectivity index (χ2v) is 9.52. The Morgan fingerprint density at radius 2 is 2.00 bits per heavy atom. The van der Waals surface area contributed by atoms with E-state index < -0.39 is 0 Å². The number of aromatic hydroxyl groups is 1. The maximum absolute atomic E-state index is 10.4. The number of hydrogen-bond acceptors (Lipinski definition) is 10. The number of aliphatic imine (C=N–C) groups is 1. The topological polar surface area (TPSA) is 132 Å². The van der Waals surface area contributed by atoms with Gasteiger partial charge in [-0.25, -0.2) is 15.0 Å². The molecule has 0 saturated heterocycles. The molecule has 3 aromatic heterocycles. The highest BCUT2D eigenvalue weighted by Gasteiger charge is 2.26. The van der Waals surface area contributed by atoms with Crippen LogP contribution in [0.1, 0.15) is 25.0 Å². The van der Waals surface area contributed by atoms with Crippen LogP contribution in [0.2, 0.25) is 0 Å². The number of benzene rings is 2. The van der Waals surface area contributed by atoms with Crippen LogP contribution in [0.25, 0.3) is 16.6 Å². The van der Waals surface area contributed by atoms with Gasteiger partial charge in [0.1, 0.15) is 37.2 Å². The van der Waals surface area contributed by atoms with Gasteiger partial charge >= 0.3 is 0 Å². The number of aryl methyl sites for hydroxylation is 1. The molecule has 4 heterocycles. The Kier molecular flexibility index (Phi) is 5.32. The Balaban J connectivity index is 1.24. The molecular weight excluding hydrogens is 472 g/mol. The Labute approximate surface area is 211 Å². The third-order valence-electron chi connectivity index (χ3n) is 6.01. The van der Waals surface area contributed by atoms with Gasteiger partial charge in [-0.15, -0.1) is 10.2 Å². The van der Waals surface area contributed by atoms with E-state index in [1.54, 1.807) is 6.07 Å². The zero-order valence-electron chi connectivity index (χ0n) is 20.5. The third kappa shape index (κ3) is 4.46. The highest BCUT2D eigenvalue weighted by molar-refractivity contribution is 5.92. The molecule has 0 unspecified atom stereocenters. The Bertz CT molecular complexity index is 1680. The molecule has 186 valence electrons.